The number of nitrogens with zero attached hydrogens (tertiary/aromatic N) is 2. The molecular weight excluding hydrogens is 290 g/mol. The van der Waals surface area contributed by atoms with Crippen molar-refractivity contribution in [3.63, 3.8) is 0 Å². The number of benzene rings is 1. The number of amides is 1. The summed E-state index contributed by atoms with van der Waals surface area (Å²) in [5.74, 6) is 1.03. The van der Waals surface area contributed by atoms with Crippen LogP contribution in [0.1, 0.15) is 17.5 Å². The maximum absolute atomic E-state index is 12.1. The zero-order valence-electron chi connectivity index (χ0n) is 13.2. The van der Waals surface area contributed by atoms with Crippen LogP contribution in [0.3, 0.4) is 0 Å². The van der Waals surface area contributed by atoms with E-state index in [0.717, 1.165) is 37.6 Å². The third kappa shape index (κ3) is 4.29. The van der Waals surface area contributed by atoms with Gasteiger partial charge in [0.15, 0.2) is 0 Å². The Kier molecular flexibility index (Phi) is 4.88. The molecule has 2 heterocycles. The Hall–Kier alpha value is -2.40. The molecule has 1 unspecified atom stereocenters. The first-order chi connectivity index (χ1) is 11.2. The van der Waals surface area contributed by atoms with Crippen LogP contribution >= 0.6 is 0 Å². The van der Waals surface area contributed by atoms with Crippen LogP contribution in [-0.4, -0.2) is 28.9 Å². The van der Waals surface area contributed by atoms with Crippen molar-refractivity contribution in [1.29, 1.82) is 0 Å². The Bertz CT molecular complexity index is 700. The van der Waals surface area contributed by atoms with Gasteiger partial charge in [0, 0.05) is 31.2 Å². The topological polar surface area (TPSA) is 56.2 Å². The fraction of sp³-hybridized carbons (Fsp3) is 0.333. The van der Waals surface area contributed by atoms with Crippen LogP contribution in [0.5, 0.6) is 0 Å². The second-order valence-corrected chi connectivity index (χ2v) is 5.86. The lowest BCUT2D eigenvalue weighted by molar-refractivity contribution is -0.111. The molecule has 120 valence electrons. The van der Waals surface area contributed by atoms with Gasteiger partial charge in [0.05, 0.1) is 12.8 Å². The zero-order valence-corrected chi connectivity index (χ0v) is 13.2. The molecule has 1 amide bonds. The van der Waals surface area contributed by atoms with E-state index in [9.17, 15) is 4.79 Å². The Morgan fingerprint density at radius 2 is 2.39 bits per heavy atom. The molecule has 3 rings (SSSR count). The fourth-order valence-corrected chi connectivity index (χ4v) is 2.67. The van der Waals surface area contributed by atoms with Crippen molar-refractivity contribution in [3.8, 4) is 0 Å². The van der Waals surface area contributed by atoms with Gasteiger partial charge in [0.2, 0.25) is 5.91 Å². The highest BCUT2D eigenvalue weighted by atomic mass is 16.5. The van der Waals surface area contributed by atoms with Crippen molar-refractivity contribution in [2.45, 2.75) is 19.9 Å². The molecule has 2 aromatic rings. The van der Waals surface area contributed by atoms with E-state index in [2.05, 4.69) is 10.4 Å². The van der Waals surface area contributed by atoms with E-state index in [0.29, 0.717) is 5.92 Å². The van der Waals surface area contributed by atoms with E-state index in [1.54, 1.807) is 12.3 Å². The number of nitrogens with one attached hydrogen (secondary N) is 1. The predicted molar refractivity (Wildman–Crippen MR) is 90.0 cm³/mol. The minimum Gasteiger partial charge on any atom is -0.381 e. The number of hydrogen-bond acceptors (Lipinski definition) is 3. The number of hydrogen-bond donors (Lipinski definition) is 1. The normalized spacial score (nSPS) is 17.7. The average molecular weight is 311 g/mol. The largest absolute Gasteiger partial charge is 0.381 e. The van der Waals surface area contributed by atoms with Crippen molar-refractivity contribution >= 4 is 17.8 Å². The first kappa shape index (κ1) is 15.5. The first-order valence-corrected chi connectivity index (χ1v) is 7.86. The second-order valence-electron chi connectivity index (χ2n) is 5.86. The molecule has 1 atom stereocenters. The number of anilines is 1. The molecule has 0 bridgehead atoms. The summed E-state index contributed by atoms with van der Waals surface area (Å²) >= 11 is 0. The van der Waals surface area contributed by atoms with Gasteiger partial charge in [0.25, 0.3) is 0 Å². The molecule has 0 spiro atoms. The standard InChI is InChI=1S/C18H21N3O2/c1-14-3-2-4-15(11-14)5-6-18(22)20-17-7-9-19-21(17)12-16-8-10-23-13-16/h2-7,9,11,16H,8,10,12-13H2,1H3,(H,20,22). The van der Waals surface area contributed by atoms with Crippen molar-refractivity contribution < 1.29 is 9.53 Å². The van der Waals surface area contributed by atoms with Gasteiger partial charge in [-0.2, -0.15) is 5.10 Å². The van der Waals surface area contributed by atoms with Gasteiger partial charge in [-0.15, -0.1) is 0 Å². The molecule has 23 heavy (non-hydrogen) atoms. The lowest BCUT2D eigenvalue weighted by Crippen LogP contribution is -2.17. The highest BCUT2D eigenvalue weighted by Crippen LogP contribution is 2.17. The van der Waals surface area contributed by atoms with Crippen LogP contribution in [-0.2, 0) is 16.1 Å². The van der Waals surface area contributed by atoms with Crippen molar-refractivity contribution in [3.05, 3.63) is 53.7 Å². The molecule has 1 fully saturated rings. The summed E-state index contributed by atoms with van der Waals surface area (Å²) in [4.78, 5) is 12.1. The van der Waals surface area contributed by atoms with E-state index in [1.165, 1.54) is 5.56 Å². The van der Waals surface area contributed by atoms with E-state index in [1.807, 2.05) is 48.0 Å². The zero-order chi connectivity index (χ0) is 16.1. The van der Waals surface area contributed by atoms with Gasteiger partial charge in [-0.25, -0.2) is 4.68 Å². The lowest BCUT2D eigenvalue weighted by atomic mass is 10.1. The van der Waals surface area contributed by atoms with Gasteiger partial charge in [-0.3, -0.25) is 4.79 Å². The number of rotatable bonds is 5. The van der Waals surface area contributed by atoms with Crippen LogP contribution in [0.25, 0.3) is 6.08 Å². The van der Waals surface area contributed by atoms with Crippen LogP contribution in [0.2, 0.25) is 0 Å². The molecule has 0 radical (unpaired) electrons. The van der Waals surface area contributed by atoms with E-state index < -0.39 is 0 Å². The van der Waals surface area contributed by atoms with E-state index in [-0.39, 0.29) is 5.91 Å². The number of aryl methyl sites for hydroxylation is 1. The number of aromatic nitrogens is 2. The molecule has 5 nitrogen and oxygen atoms in total. The monoisotopic (exact) mass is 311 g/mol. The summed E-state index contributed by atoms with van der Waals surface area (Å²) in [5.41, 5.74) is 2.18. The Morgan fingerprint density at radius 3 is 3.17 bits per heavy atom. The molecular formula is C18H21N3O2. The minimum absolute atomic E-state index is 0.157. The summed E-state index contributed by atoms with van der Waals surface area (Å²) in [6.45, 7) is 4.38. The van der Waals surface area contributed by atoms with E-state index >= 15 is 0 Å². The number of carbonyl (C=O) groups is 1. The third-order valence-corrected chi connectivity index (χ3v) is 3.89. The highest BCUT2D eigenvalue weighted by molar-refractivity contribution is 6.01. The molecule has 1 N–H and O–H groups in total. The van der Waals surface area contributed by atoms with Crippen molar-refractivity contribution in [2.24, 2.45) is 5.92 Å². The molecule has 0 saturated carbocycles. The maximum Gasteiger partial charge on any atom is 0.249 e. The van der Waals surface area contributed by atoms with Crippen LogP contribution in [0.4, 0.5) is 5.82 Å². The minimum atomic E-state index is -0.157. The van der Waals surface area contributed by atoms with Crippen LogP contribution < -0.4 is 5.32 Å². The fourth-order valence-electron chi connectivity index (χ4n) is 2.67. The van der Waals surface area contributed by atoms with Gasteiger partial charge in [0.1, 0.15) is 5.82 Å². The van der Waals surface area contributed by atoms with Gasteiger partial charge < -0.3 is 10.1 Å². The molecule has 1 aromatic heterocycles. The van der Waals surface area contributed by atoms with Crippen molar-refractivity contribution in [1.82, 2.24) is 9.78 Å². The highest BCUT2D eigenvalue weighted by Gasteiger charge is 2.17. The van der Waals surface area contributed by atoms with Gasteiger partial charge >= 0.3 is 0 Å². The predicted octanol–water partition coefficient (Wildman–Crippen LogP) is 2.88. The summed E-state index contributed by atoms with van der Waals surface area (Å²) in [6.07, 6.45) is 6.11. The van der Waals surface area contributed by atoms with Crippen LogP contribution in [0, 0.1) is 12.8 Å². The summed E-state index contributed by atoms with van der Waals surface area (Å²) < 4.78 is 7.22. The van der Waals surface area contributed by atoms with Gasteiger partial charge in [-0.05, 0) is 25.0 Å². The van der Waals surface area contributed by atoms with Crippen LogP contribution in [0.15, 0.2) is 42.6 Å². The molecule has 1 aliphatic rings. The quantitative estimate of drug-likeness (QED) is 0.864. The lowest BCUT2D eigenvalue weighted by Gasteiger charge is -2.11. The third-order valence-electron chi connectivity index (χ3n) is 3.89. The van der Waals surface area contributed by atoms with E-state index in [4.69, 9.17) is 4.74 Å². The molecule has 1 aromatic carbocycles. The average Bonchev–Trinajstić information content (AvgIpc) is 3.19. The molecule has 1 saturated heterocycles. The summed E-state index contributed by atoms with van der Waals surface area (Å²) in [7, 11) is 0. The molecule has 1 aliphatic heterocycles. The summed E-state index contributed by atoms with van der Waals surface area (Å²) in [5, 5.41) is 7.17. The summed E-state index contributed by atoms with van der Waals surface area (Å²) in [6, 6.07) is 9.83. The number of carbonyl (C=O) groups excluding carboxylic acids is 1. The Morgan fingerprint density at radius 1 is 1.48 bits per heavy atom. The van der Waals surface area contributed by atoms with Gasteiger partial charge in [-0.1, -0.05) is 29.8 Å². The Balaban J connectivity index is 1.60. The molecule has 0 aliphatic carbocycles. The smallest absolute Gasteiger partial charge is 0.249 e. The SMILES string of the molecule is Cc1cccc(C=CC(=O)Nc2ccnn2CC2CCOC2)c1. The second kappa shape index (κ2) is 7.24. The molecule has 5 heteroatoms. The first-order valence-electron chi connectivity index (χ1n) is 7.86. The maximum atomic E-state index is 12.1. The van der Waals surface area contributed by atoms with Crippen molar-refractivity contribution in [2.75, 3.05) is 18.5 Å². The Labute approximate surface area is 136 Å². The number of ether oxygens (including phenoxy) is 1.